The Morgan fingerprint density at radius 1 is 1.00 bits per heavy atom. The molecule has 116 valence electrons. The van der Waals surface area contributed by atoms with Crippen molar-refractivity contribution in [1.82, 2.24) is 14.9 Å². The Morgan fingerprint density at radius 2 is 1.74 bits per heavy atom. The minimum Gasteiger partial charge on any atom is -0.192 e. The summed E-state index contributed by atoms with van der Waals surface area (Å²) in [5.74, 6) is 1.63. The van der Waals surface area contributed by atoms with E-state index >= 15 is 0 Å². The molecule has 0 N–H and O–H groups in total. The molecule has 2 aromatic carbocycles. The van der Waals surface area contributed by atoms with Gasteiger partial charge in [-0.05, 0) is 30.5 Å². The molecule has 5 heteroatoms. The van der Waals surface area contributed by atoms with E-state index in [4.69, 9.17) is 0 Å². The number of hydrogen-bond donors (Lipinski definition) is 0. The fourth-order valence-corrected chi connectivity index (χ4v) is 3.02. The highest BCUT2D eigenvalue weighted by molar-refractivity contribution is 7.98. The Bertz CT molecular complexity index is 809. The van der Waals surface area contributed by atoms with Crippen LogP contribution in [0.1, 0.15) is 22.5 Å². The van der Waals surface area contributed by atoms with Crippen molar-refractivity contribution in [3.8, 4) is 0 Å². The first-order valence-electron chi connectivity index (χ1n) is 7.43. The number of thioether (sulfide) groups is 1. The van der Waals surface area contributed by atoms with Crippen molar-refractivity contribution in [3.05, 3.63) is 77.1 Å². The number of benzene rings is 2. The Kier molecular flexibility index (Phi) is 4.88. The molecule has 0 atom stereocenters. The van der Waals surface area contributed by atoms with Crippen molar-refractivity contribution < 1.29 is 0 Å². The smallest absolute Gasteiger partial charge is 0.192 e. The van der Waals surface area contributed by atoms with Crippen molar-refractivity contribution in [3.63, 3.8) is 0 Å². The summed E-state index contributed by atoms with van der Waals surface area (Å²) in [6, 6.07) is 18.5. The van der Waals surface area contributed by atoms with Crippen molar-refractivity contribution in [2.45, 2.75) is 24.8 Å². The molecule has 1 aromatic heterocycles. The van der Waals surface area contributed by atoms with Crippen LogP contribution < -0.4 is 0 Å². The first-order valence-corrected chi connectivity index (χ1v) is 8.41. The van der Waals surface area contributed by atoms with Gasteiger partial charge in [0.15, 0.2) is 5.82 Å². The zero-order valence-corrected chi connectivity index (χ0v) is 14.0. The number of nitrogens with zero attached hydrogens (tertiary/aromatic N) is 4. The fraction of sp³-hybridized carbons (Fsp3) is 0.167. The lowest BCUT2D eigenvalue weighted by molar-refractivity contribution is 0.744. The molecule has 0 aliphatic carbocycles. The maximum atomic E-state index is 4.55. The van der Waals surface area contributed by atoms with Gasteiger partial charge in [0.2, 0.25) is 5.16 Å². The van der Waals surface area contributed by atoms with Crippen LogP contribution in [0.5, 0.6) is 0 Å². The predicted octanol–water partition coefficient (Wildman–Crippen LogP) is 4.07. The van der Waals surface area contributed by atoms with Crippen LogP contribution in [0.3, 0.4) is 0 Å². The van der Waals surface area contributed by atoms with Gasteiger partial charge in [0.1, 0.15) is 0 Å². The lowest BCUT2D eigenvalue weighted by Crippen LogP contribution is -1.97. The third kappa shape index (κ3) is 3.87. The van der Waals surface area contributed by atoms with Crippen LogP contribution in [0.2, 0.25) is 0 Å². The molecule has 0 fully saturated rings. The summed E-state index contributed by atoms with van der Waals surface area (Å²) in [7, 11) is 0. The third-order valence-corrected chi connectivity index (χ3v) is 4.47. The van der Waals surface area contributed by atoms with Crippen LogP contribution in [-0.4, -0.2) is 21.1 Å². The number of aromatic nitrogens is 3. The average Bonchev–Trinajstić information content (AvgIpc) is 2.93. The van der Waals surface area contributed by atoms with Crippen LogP contribution in [0.15, 0.2) is 64.9 Å². The minimum atomic E-state index is 0.783. The first-order chi connectivity index (χ1) is 11.2. The van der Waals surface area contributed by atoms with Gasteiger partial charge >= 0.3 is 0 Å². The van der Waals surface area contributed by atoms with Crippen LogP contribution in [-0.2, 0) is 5.75 Å². The van der Waals surface area contributed by atoms with Gasteiger partial charge in [-0.1, -0.05) is 66.4 Å². The maximum Gasteiger partial charge on any atom is 0.212 e. The molecule has 0 bridgehead atoms. The standard InChI is InChI=1S/C18H18N4S/c1-14-8-6-7-11-17(14)12-19-22-15(2)20-21-18(22)23-13-16-9-4-3-5-10-16/h3-12H,13H2,1-2H3/b19-12+. The molecule has 0 unspecified atom stereocenters. The van der Waals surface area contributed by atoms with Crippen molar-refractivity contribution >= 4 is 18.0 Å². The van der Waals surface area contributed by atoms with E-state index in [1.165, 1.54) is 11.1 Å². The lowest BCUT2D eigenvalue weighted by atomic mass is 10.1. The fourth-order valence-electron chi connectivity index (χ4n) is 2.13. The molecule has 3 rings (SSSR count). The molecule has 1 heterocycles. The normalized spacial score (nSPS) is 11.2. The molecule has 0 spiro atoms. The molecule has 0 saturated heterocycles. The van der Waals surface area contributed by atoms with E-state index in [2.05, 4.69) is 46.5 Å². The van der Waals surface area contributed by atoms with Crippen molar-refractivity contribution in [1.29, 1.82) is 0 Å². The summed E-state index contributed by atoms with van der Waals surface area (Å²) in [5, 5.41) is 13.7. The summed E-state index contributed by atoms with van der Waals surface area (Å²) in [4.78, 5) is 0. The number of aryl methyl sites for hydroxylation is 2. The Labute approximate surface area is 140 Å². The van der Waals surface area contributed by atoms with Crippen LogP contribution in [0.25, 0.3) is 0 Å². The molecular weight excluding hydrogens is 304 g/mol. The monoisotopic (exact) mass is 322 g/mol. The zero-order chi connectivity index (χ0) is 16.1. The molecule has 23 heavy (non-hydrogen) atoms. The third-order valence-electron chi connectivity index (χ3n) is 3.48. The van der Waals surface area contributed by atoms with E-state index in [1.54, 1.807) is 16.4 Å². The second-order valence-electron chi connectivity index (χ2n) is 5.22. The highest BCUT2D eigenvalue weighted by atomic mass is 32.2. The van der Waals surface area contributed by atoms with Gasteiger partial charge in [-0.15, -0.1) is 10.2 Å². The summed E-state index contributed by atoms with van der Waals surface area (Å²) in [6.07, 6.45) is 1.86. The van der Waals surface area contributed by atoms with Gasteiger partial charge in [0, 0.05) is 5.75 Å². The van der Waals surface area contributed by atoms with E-state index < -0.39 is 0 Å². The van der Waals surface area contributed by atoms with E-state index in [0.717, 1.165) is 22.3 Å². The van der Waals surface area contributed by atoms with E-state index in [0.29, 0.717) is 0 Å². The van der Waals surface area contributed by atoms with Crippen LogP contribution >= 0.6 is 11.8 Å². The van der Waals surface area contributed by atoms with Gasteiger partial charge in [-0.25, -0.2) is 0 Å². The summed E-state index contributed by atoms with van der Waals surface area (Å²) >= 11 is 1.64. The van der Waals surface area contributed by atoms with Crippen molar-refractivity contribution in [2.24, 2.45) is 5.10 Å². The number of rotatable bonds is 5. The van der Waals surface area contributed by atoms with E-state index in [9.17, 15) is 0 Å². The molecule has 0 aliphatic rings. The largest absolute Gasteiger partial charge is 0.212 e. The highest BCUT2D eigenvalue weighted by Crippen LogP contribution is 2.21. The Morgan fingerprint density at radius 3 is 2.52 bits per heavy atom. The van der Waals surface area contributed by atoms with Gasteiger partial charge in [0.05, 0.1) is 6.21 Å². The van der Waals surface area contributed by atoms with Gasteiger partial charge in [-0.3, -0.25) is 0 Å². The quantitative estimate of drug-likeness (QED) is 0.525. The molecule has 3 aromatic rings. The SMILES string of the molecule is Cc1ccccc1/C=N/n1c(C)nnc1SCc1ccccc1. The van der Waals surface area contributed by atoms with E-state index in [1.807, 2.05) is 43.5 Å². The molecular formula is C18H18N4S. The molecule has 0 aliphatic heterocycles. The van der Waals surface area contributed by atoms with Crippen LogP contribution in [0, 0.1) is 13.8 Å². The van der Waals surface area contributed by atoms with Crippen LogP contribution in [0.4, 0.5) is 0 Å². The predicted molar refractivity (Wildman–Crippen MR) is 94.9 cm³/mol. The topological polar surface area (TPSA) is 43.1 Å². The molecule has 0 amide bonds. The second-order valence-corrected chi connectivity index (χ2v) is 6.16. The molecule has 4 nitrogen and oxygen atoms in total. The second kappa shape index (κ2) is 7.24. The summed E-state index contributed by atoms with van der Waals surface area (Å²) in [6.45, 7) is 3.99. The van der Waals surface area contributed by atoms with Crippen molar-refractivity contribution in [2.75, 3.05) is 0 Å². The molecule has 0 saturated carbocycles. The van der Waals surface area contributed by atoms with Gasteiger partial charge in [0.25, 0.3) is 0 Å². The zero-order valence-electron chi connectivity index (χ0n) is 13.2. The summed E-state index contributed by atoms with van der Waals surface area (Å²) < 4.78 is 1.79. The molecule has 0 radical (unpaired) electrons. The highest BCUT2D eigenvalue weighted by Gasteiger charge is 2.08. The minimum absolute atomic E-state index is 0.783. The average molecular weight is 322 g/mol. The first kappa shape index (κ1) is 15.5. The van der Waals surface area contributed by atoms with Gasteiger partial charge < -0.3 is 0 Å². The van der Waals surface area contributed by atoms with E-state index in [-0.39, 0.29) is 0 Å². The Balaban J connectivity index is 1.78. The summed E-state index contributed by atoms with van der Waals surface area (Å²) in [5.41, 5.74) is 3.55. The number of hydrogen-bond acceptors (Lipinski definition) is 4. The lowest BCUT2D eigenvalue weighted by Gasteiger charge is -2.03. The van der Waals surface area contributed by atoms with Gasteiger partial charge in [-0.2, -0.15) is 9.78 Å². The maximum absolute atomic E-state index is 4.55. The Hall–Kier alpha value is -2.40.